The molecular weight excluding hydrogens is 302 g/mol. The van der Waals surface area contributed by atoms with Gasteiger partial charge in [-0.2, -0.15) is 0 Å². The average Bonchev–Trinajstić information content (AvgIpc) is 3.17. The summed E-state index contributed by atoms with van der Waals surface area (Å²) >= 11 is 7.89. The van der Waals surface area contributed by atoms with Crippen LogP contribution in [-0.4, -0.2) is 15.0 Å². The summed E-state index contributed by atoms with van der Waals surface area (Å²) < 4.78 is 1.15. The normalized spacial score (nSPS) is 15.9. The van der Waals surface area contributed by atoms with Crippen molar-refractivity contribution >= 4 is 33.2 Å². The quantitative estimate of drug-likeness (QED) is 0.620. The van der Waals surface area contributed by atoms with E-state index < -0.39 is 0 Å². The van der Waals surface area contributed by atoms with Crippen LogP contribution in [0.1, 0.15) is 37.3 Å². The predicted molar refractivity (Wildman–Crippen MR) is 86.9 cm³/mol. The molecule has 0 atom stereocenters. The van der Waals surface area contributed by atoms with Crippen molar-refractivity contribution < 1.29 is 0 Å². The van der Waals surface area contributed by atoms with Crippen molar-refractivity contribution in [1.29, 1.82) is 0 Å². The smallest absolute Gasteiger partial charge is 0.162 e. The van der Waals surface area contributed by atoms with Gasteiger partial charge >= 0.3 is 0 Å². The van der Waals surface area contributed by atoms with Crippen molar-refractivity contribution in [2.75, 3.05) is 0 Å². The van der Waals surface area contributed by atoms with E-state index in [-0.39, 0.29) is 0 Å². The first-order chi connectivity index (χ1) is 10.3. The first kappa shape index (κ1) is 13.2. The average molecular weight is 316 g/mol. The van der Waals surface area contributed by atoms with E-state index in [1.165, 1.54) is 25.7 Å². The van der Waals surface area contributed by atoms with Crippen LogP contribution in [0.3, 0.4) is 0 Å². The van der Waals surface area contributed by atoms with Gasteiger partial charge in [-0.3, -0.25) is 4.98 Å². The van der Waals surface area contributed by atoms with Gasteiger partial charge in [0, 0.05) is 23.4 Å². The van der Waals surface area contributed by atoms with Gasteiger partial charge in [0.05, 0.1) is 10.2 Å². The summed E-state index contributed by atoms with van der Waals surface area (Å²) in [7, 11) is 0. The number of nitrogens with zero attached hydrogens (tertiary/aromatic N) is 3. The van der Waals surface area contributed by atoms with E-state index in [9.17, 15) is 0 Å². The van der Waals surface area contributed by atoms with Crippen molar-refractivity contribution in [1.82, 2.24) is 15.0 Å². The molecule has 3 nitrogen and oxygen atoms in total. The third kappa shape index (κ3) is 2.54. The number of rotatable bonds is 2. The highest BCUT2D eigenvalue weighted by molar-refractivity contribution is 7.17. The summed E-state index contributed by atoms with van der Waals surface area (Å²) in [5.74, 6) is 1.22. The number of halogens is 1. The Balaban J connectivity index is 1.79. The fraction of sp³-hybridized carbons (Fsp3) is 0.312. The van der Waals surface area contributed by atoms with Gasteiger partial charge < -0.3 is 0 Å². The SMILES string of the molecule is Clc1cc(C2CCCC2)nc(-c2cnc3ccsc3c2)n1. The monoisotopic (exact) mass is 315 g/mol. The van der Waals surface area contributed by atoms with E-state index >= 15 is 0 Å². The first-order valence-corrected chi connectivity index (χ1v) is 8.43. The Morgan fingerprint density at radius 3 is 2.86 bits per heavy atom. The van der Waals surface area contributed by atoms with Gasteiger partial charge in [0.1, 0.15) is 5.15 Å². The summed E-state index contributed by atoms with van der Waals surface area (Å²) in [6.45, 7) is 0. The van der Waals surface area contributed by atoms with Crippen molar-refractivity contribution in [3.05, 3.63) is 40.6 Å². The number of aromatic nitrogens is 3. The Labute approximate surface area is 132 Å². The number of hydrogen-bond donors (Lipinski definition) is 0. The van der Waals surface area contributed by atoms with E-state index in [1.54, 1.807) is 11.3 Å². The molecular formula is C16H14ClN3S. The van der Waals surface area contributed by atoms with Gasteiger partial charge in [-0.1, -0.05) is 24.4 Å². The van der Waals surface area contributed by atoms with Gasteiger partial charge in [-0.05, 0) is 36.4 Å². The molecule has 5 heteroatoms. The van der Waals surface area contributed by atoms with Crippen molar-refractivity contribution in [2.24, 2.45) is 0 Å². The third-order valence-electron chi connectivity index (χ3n) is 4.05. The third-order valence-corrected chi connectivity index (χ3v) is 5.10. The summed E-state index contributed by atoms with van der Waals surface area (Å²) in [4.78, 5) is 13.6. The Kier molecular flexibility index (Phi) is 3.36. The van der Waals surface area contributed by atoms with E-state index in [0.29, 0.717) is 16.9 Å². The van der Waals surface area contributed by atoms with Crippen LogP contribution in [0.2, 0.25) is 5.15 Å². The summed E-state index contributed by atoms with van der Waals surface area (Å²) in [5, 5.41) is 2.57. The molecule has 0 aliphatic heterocycles. The van der Waals surface area contributed by atoms with Crippen molar-refractivity contribution in [2.45, 2.75) is 31.6 Å². The maximum Gasteiger partial charge on any atom is 0.162 e. The highest BCUT2D eigenvalue weighted by atomic mass is 35.5. The number of fused-ring (bicyclic) bond motifs is 1. The molecule has 106 valence electrons. The number of hydrogen-bond acceptors (Lipinski definition) is 4. The topological polar surface area (TPSA) is 38.7 Å². The zero-order valence-corrected chi connectivity index (χ0v) is 13.0. The van der Waals surface area contributed by atoms with E-state index in [2.05, 4.69) is 16.0 Å². The van der Waals surface area contributed by atoms with Crippen LogP contribution < -0.4 is 0 Å². The van der Waals surface area contributed by atoms with Crippen molar-refractivity contribution in [3.8, 4) is 11.4 Å². The lowest BCUT2D eigenvalue weighted by Crippen LogP contribution is -2.00. The molecule has 4 rings (SSSR count). The summed E-state index contributed by atoms with van der Waals surface area (Å²) in [5.41, 5.74) is 3.03. The maximum atomic E-state index is 6.21. The highest BCUT2D eigenvalue weighted by Crippen LogP contribution is 2.34. The Bertz CT molecular complexity index is 793. The van der Waals surface area contributed by atoms with Gasteiger partial charge in [0.25, 0.3) is 0 Å². The summed E-state index contributed by atoms with van der Waals surface area (Å²) in [6, 6.07) is 6.03. The molecule has 0 N–H and O–H groups in total. The minimum absolute atomic E-state index is 0.521. The highest BCUT2D eigenvalue weighted by Gasteiger charge is 2.20. The lowest BCUT2D eigenvalue weighted by molar-refractivity contribution is 0.695. The fourth-order valence-corrected chi connectivity index (χ4v) is 3.94. The molecule has 1 aliphatic rings. The second kappa shape index (κ2) is 5.35. The predicted octanol–water partition coefficient (Wildman–Crippen LogP) is 5.06. The largest absolute Gasteiger partial charge is 0.255 e. The molecule has 0 saturated heterocycles. The molecule has 3 aromatic rings. The molecule has 1 aliphatic carbocycles. The van der Waals surface area contributed by atoms with Crippen LogP contribution in [-0.2, 0) is 0 Å². The Hall–Kier alpha value is -1.52. The second-order valence-electron chi connectivity index (χ2n) is 5.45. The number of thiophene rings is 1. The molecule has 0 aromatic carbocycles. The molecule has 0 bridgehead atoms. The Morgan fingerprint density at radius 1 is 1.14 bits per heavy atom. The van der Waals surface area contributed by atoms with Crippen LogP contribution in [0.25, 0.3) is 21.6 Å². The molecule has 3 heterocycles. The second-order valence-corrected chi connectivity index (χ2v) is 6.78. The summed E-state index contributed by atoms with van der Waals surface area (Å²) in [6.07, 6.45) is 6.80. The van der Waals surface area contributed by atoms with E-state index in [0.717, 1.165) is 21.5 Å². The molecule has 0 spiro atoms. The zero-order chi connectivity index (χ0) is 14.2. The molecule has 1 saturated carbocycles. The first-order valence-electron chi connectivity index (χ1n) is 7.18. The standard InChI is InChI=1S/C16H14ClN3S/c17-15-8-13(10-3-1-2-4-10)19-16(20-15)11-7-14-12(18-9-11)5-6-21-14/h5-10H,1-4H2. The van der Waals surface area contributed by atoms with Gasteiger partial charge in [0.2, 0.25) is 0 Å². The molecule has 0 amide bonds. The van der Waals surface area contributed by atoms with E-state index in [4.69, 9.17) is 16.6 Å². The fourth-order valence-electron chi connectivity index (χ4n) is 2.96. The molecule has 0 unspecified atom stereocenters. The molecule has 1 fully saturated rings. The minimum atomic E-state index is 0.521. The lowest BCUT2D eigenvalue weighted by Gasteiger charge is -2.10. The van der Waals surface area contributed by atoms with Crippen LogP contribution in [0.15, 0.2) is 29.8 Å². The van der Waals surface area contributed by atoms with Gasteiger partial charge in [0.15, 0.2) is 5.82 Å². The molecule has 0 radical (unpaired) electrons. The number of pyridine rings is 1. The van der Waals surface area contributed by atoms with Crippen LogP contribution >= 0.6 is 22.9 Å². The van der Waals surface area contributed by atoms with Gasteiger partial charge in [-0.25, -0.2) is 9.97 Å². The van der Waals surface area contributed by atoms with Gasteiger partial charge in [-0.15, -0.1) is 11.3 Å². The van der Waals surface area contributed by atoms with Crippen molar-refractivity contribution in [3.63, 3.8) is 0 Å². The van der Waals surface area contributed by atoms with E-state index in [1.807, 2.05) is 23.7 Å². The lowest BCUT2D eigenvalue weighted by atomic mass is 10.0. The zero-order valence-electron chi connectivity index (χ0n) is 11.4. The minimum Gasteiger partial charge on any atom is -0.255 e. The molecule has 3 aromatic heterocycles. The van der Waals surface area contributed by atoms with Crippen LogP contribution in [0.4, 0.5) is 0 Å². The molecule has 21 heavy (non-hydrogen) atoms. The van der Waals surface area contributed by atoms with Crippen LogP contribution in [0.5, 0.6) is 0 Å². The Morgan fingerprint density at radius 2 is 2.00 bits per heavy atom. The van der Waals surface area contributed by atoms with Crippen LogP contribution in [0, 0.1) is 0 Å². The maximum absolute atomic E-state index is 6.21.